The van der Waals surface area contributed by atoms with Crippen molar-refractivity contribution in [2.24, 2.45) is 5.41 Å². The zero-order valence-corrected chi connectivity index (χ0v) is 21.4. The normalized spacial score (nSPS) is 11.9. The van der Waals surface area contributed by atoms with Gasteiger partial charge in [0.15, 0.2) is 0 Å². The third-order valence-corrected chi connectivity index (χ3v) is 6.84. The van der Waals surface area contributed by atoms with Crippen molar-refractivity contribution in [3.05, 3.63) is 72.8 Å². The minimum atomic E-state index is -4.00. The zero-order valence-electron chi connectivity index (χ0n) is 20.6. The molecule has 36 heavy (non-hydrogen) atoms. The van der Waals surface area contributed by atoms with Crippen LogP contribution in [-0.2, 0) is 21.4 Å². The van der Waals surface area contributed by atoms with Gasteiger partial charge >= 0.3 is 0 Å². The van der Waals surface area contributed by atoms with Crippen LogP contribution in [0.15, 0.2) is 81.0 Å². The molecule has 188 valence electrons. The molecule has 4 rings (SSSR count). The smallest absolute Gasteiger partial charge is 0.264 e. The van der Waals surface area contributed by atoms with Gasteiger partial charge in [-0.25, -0.2) is 18.1 Å². The van der Waals surface area contributed by atoms with E-state index in [1.165, 1.54) is 24.6 Å². The first-order valence-electron chi connectivity index (χ1n) is 11.3. The molecule has 2 aromatic heterocycles. The van der Waals surface area contributed by atoms with Gasteiger partial charge in [-0.1, -0.05) is 50.2 Å². The topological polar surface area (TPSA) is 119 Å². The van der Waals surface area contributed by atoms with E-state index in [0.29, 0.717) is 23.4 Å². The van der Waals surface area contributed by atoms with Crippen LogP contribution in [0.1, 0.15) is 32.8 Å². The Kier molecular flexibility index (Phi) is 6.98. The Morgan fingerprint density at radius 3 is 2.50 bits per heavy atom. The molecule has 1 N–H and O–H groups in total. The Morgan fingerprint density at radius 2 is 1.83 bits per heavy atom. The molecule has 9 nitrogen and oxygen atoms in total. The van der Waals surface area contributed by atoms with Gasteiger partial charge in [-0.3, -0.25) is 4.79 Å². The van der Waals surface area contributed by atoms with Crippen LogP contribution in [0.5, 0.6) is 0 Å². The lowest BCUT2D eigenvalue weighted by molar-refractivity contribution is -0.132. The monoisotopic (exact) mass is 508 g/mol. The molecule has 4 aromatic rings. The number of aromatic nitrogens is 2. The summed E-state index contributed by atoms with van der Waals surface area (Å²) in [4.78, 5) is 18.8. The fourth-order valence-corrected chi connectivity index (χ4v) is 5.00. The number of amides is 1. The molecule has 0 aliphatic heterocycles. The van der Waals surface area contributed by atoms with E-state index in [-0.39, 0.29) is 28.6 Å². The molecule has 0 saturated heterocycles. The molecule has 0 aliphatic rings. The van der Waals surface area contributed by atoms with Crippen molar-refractivity contribution in [2.75, 3.05) is 11.8 Å². The predicted octanol–water partition coefficient (Wildman–Crippen LogP) is 5.19. The Balaban J connectivity index is 1.78. The first kappa shape index (κ1) is 25.2. The number of benzene rings is 2. The lowest BCUT2D eigenvalue weighted by atomic mass is 9.91. The van der Waals surface area contributed by atoms with E-state index >= 15 is 0 Å². The summed E-state index contributed by atoms with van der Waals surface area (Å²) >= 11 is 0. The number of nitrogens with one attached hydrogen (secondary N) is 1. The summed E-state index contributed by atoms with van der Waals surface area (Å²) in [6.45, 7) is 6.30. The van der Waals surface area contributed by atoms with Gasteiger partial charge in [0.05, 0.1) is 17.3 Å². The highest BCUT2D eigenvalue weighted by molar-refractivity contribution is 7.92. The van der Waals surface area contributed by atoms with E-state index in [1.54, 1.807) is 36.3 Å². The molecule has 1 amide bonds. The van der Waals surface area contributed by atoms with Crippen LogP contribution in [0, 0.1) is 5.41 Å². The van der Waals surface area contributed by atoms with Crippen molar-refractivity contribution in [1.82, 2.24) is 15.0 Å². The number of anilines is 1. The van der Waals surface area contributed by atoms with Crippen molar-refractivity contribution in [1.29, 1.82) is 0 Å². The molecule has 0 unspecified atom stereocenters. The second kappa shape index (κ2) is 9.98. The van der Waals surface area contributed by atoms with Gasteiger partial charge in [-0.05, 0) is 34.7 Å². The number of hydrogen-bond donors (Lipinski definition) is 1. The summed E-state index contributed by atoms with van der Waals surface area (Å²) in [5, 5.41) is 3.55. The van der Waals surface area contributed by atoms with Crippen LogP contribution < -0.4 is 4.72 Å². The van der Waals surface area contributed by atoms with Crippen molar-refractivity contribution < 1.29 is 22.2 Å². The van der Waals surface area contributed by atoms with Crippen LogP contribution >= 0.6 is 0 Å². The number of carbonyl (C=O) groups is 1. The van der Waals surface area contributed by atoms with E-state index < -0.39 is 10.0 Å². The van der Waals surface area contributed by atoms with Gasteiger partial charge in [0, 0.05) is 37.2 Å². The minimum Gasteiger partial charge on any atom is -0.445 e. The highest BCUT2D eigenvalue weighted by Gasteiger charge is 2.24. The second-order valence-corrected chi connectivity index (χ2v) is 11.3. The van der Waals surface area contributed by atoms with E-state index in [2.05, 4.69) is 14.9 Å². The molecule has 10 heteroatoms. The summed E-state index contributed by atoms with van der Waals surface area (Å²) in [7, 11) is -2.26. The fraction of sp³-hybridized carbons (Fsp3) is 0.269. The Labute approximate surface area is 210 Å². The van der Waals surface area contributed by atoms with Gasteiger partial charge < -0.3 is 13.8 Å². The quantitative estimate of drug-likeness (QED) is 0.348. The third kappa shape index (κ3) is 5.83. The molecule has 2 aromatic carbocycles. The zero-order chi connectivity index (χ0) is 25.9. The maximum absolute atomic E-state index is 13.3. The molecule has 0 aliphatic carbocycles. The first-order chi connectivity index (χ1) is 17.0. The number of nitrogens with zero attached hydrogens (tertiary/aromatic N) is 3. The molecule has 0 atom stereocenters. The number of carbonyl (C=O) groups excluding carboxylic acids is 1. The summed E-state index contributed by atoms with van der Waals surface area (Å²) in [6, 6.07) is 13.6. The largest absolute Gasteiger partial charge is 0.445 e. The number of oxazole rings is 1. The number of hydrogen-bond acceptors (Lipinski definition) is 7. The van der Waals surface area contributed by atoms with Crippen molar-refractivity contribution in [3.8, 4) is 22.6 Å². The Bertz CT molecular complexity index is 1440. The van der Waals surface area contributed by atoms with Crippen LogP contribution in [-0.4, -0.2) is 36.4 Å². The van der Waals surface area contributed by atoms with Crippen LogP contribution in [0.2, 0.25) is 0 Å². The van der Waals surface area contributed by atoms with Crippen LogP contribution in [0.4, 0.5) is 5.88 Å². The molecule has 0 spiro atoms. The van der Waals surface area contributed by atoms with Crippen molar-refractivity contribution in [2.45, 2.75) is 38.6 Å². The number of rotatable bonds is 8. The molecule has 0 fully saturated rings. The van der Waals surface area contributed by atoms with Crippen LogP contribution in [0.3, 0.4) is 0 Å². The maximum Gasteiger partial charge on any atom is 0.264 e. The van der Waals surface area contributed by atoms with E-state index in [4.69, 9.17) is 8.94 Å². The molecular weight excluding hydrogens is 480 g/mol. The predicted molar refractivity (Wildman–Crippen MR) is 135 cm³/mol. The SMILES string of the molecule is CN(Cc1cc(-c2ncco2)ccc1-c1ccccc1S(=O)(=O)Nc1ccno1)C(=O)CC(C)(C)C. The molecule has 0 saturated carbocycles. The summed E-state index contributed by atoms with van der Waals surface area (Å²) in [6.07, 6.45) is 4.77. The minimum absolute atomic E-state index is 0.0109. The lowest BCUT2D eigenvalue weighted by Gasteiger charge is -2.25. The highest BCUT2D eigenvalue weighted by atomic mass is 32.2. The summed E-state index contributed by atoms with van der Waals surface area (Å²) in [5.41, 5.74) is 2.45. The average Bonchev–Trinajstić information content (AvgIpc) is 3.52. The van der Waals surface area contributed by atoms with Crippen molar-refractivity contribution >= 4 is 21.8 Å². The second-order valence-electron chi connectivity index (χ2n) is 9.67. The first-order valence-corrected chi connectivity index (χ1v) is 12.8. The molecule has 0 bridgehead atoms. The van der Waals surface area contributed by atoms with Gasteiger partial charge in [-0.15, -0.1) is 0 Å². The summed E-state index contributed by atoms with van der Waals surface area (Å²) < 4.78 is 39.3. The number of sulfonamides is 1. The van der Waals surface area contributed by atoms with Gasteiger partial charge in [-0.2, -0.15) is 0 Å². The Hall–Kier alpha value is -3.92. The lowest BCUT2D eigenvalue weighted by Crippen LogP contribution is -2.29. The Morgan fingerprint density at radius 1 is 1.06 bits per heavy atom. The van der Waals surface area contributed by atoms with E-state index in [9.17, 15) is 13.2 Å². The maximum atomic E-state index is 13.3. The third-order valence-electron chi connectivity index (χ3n) is 5.44. The van der Waals surface area contributed by atoms with E-state index in [0.717, 1.165) is 11.1 Å². The van der Waals surface area contributed by atoms with Crippen molar-refractivity contribution in [3.63, 3.8) is 0 Å². The standard InChI is InChI=1S/C26H28N4O5S/c1-26(2,3)16-24(31)30(4)17-19-15-18(25-27-13-14-34-25)9-10-20(19)21-7-5-6-8-22(21)36(32,33)29-23-11-12-28-35-23/h5-15,29H,16-17H2,1-4H3. The average molecular weight is 509 g/mol. The molecule has 0 radical (unpaired) electrons. The molecular formula is C26H28N4O5S. The summed E-state index contributed by atoms with van der Waals surface area (Å²) in [5.74, 6) is 0.430. The van der Waals surface area contributed by atoms with Gasteiger partial charge in [0.25, 0.3) is 10.0 Å². The fourth-order valence-electron chi connectivity index (χ4n) is 3.80. The van der Waals surface area contributed by atoms with E-state index in [1.807, 2.05) is 39.0 Å². The molecule has 2 heterocycles. The van der Waals surface area contributed by atoms with Crippen LogP contribution in [0.25, 0.3) is 22.6 Å². The van der Waals surface area contributed by atoms with Gasteiger partial charge in [0.1, 0.15) is 6.26 Å². The van der Waals surface area contributed by atoms with Gasteiger partial charge in [0.2, 0.25) is 17.7 Å². The highest BCUT2D eigenvalue weighted by Crippen LogP contribution is 2.34.